The molecule has 0 bridgehead atoms. The molecule has 0 N–H and O–H groups in total. The van der Waals surface area contributed by atoms with Crippen LogP contribution in [0, 0.1) is 20.8 Å². The normalized spacial score (nSPS) is 11.2. The summed E-state index contributed by atoms with van der Waals surface area (Å²) in [6.07, 6.45) is 0.872. The lowest BCUT2D eigenvalue weighted by Crippen LogP contribution is -2.36. The van der Waals surface area contributed by atoms with Crippen molar-refractivity contribution in [3.8, 4) is 5.75 Å². The van der Waals surface area contributed by atoms with Crippen molar-refractivity contribution in [2.24, 2.45) is 0 Å². The van der Waals surface area contributed by atoms with Gasteiger partial charge < -0.3 is 9.64 Å². The fourth-order valence-corrected chi connectivity index (χ4v) is 4.25. The summed E-state index contributed by atoms with van der Waals surface area (Å²) in [4.78, 5) is 21.8. The van der Waals surface area contributed by atoms with Gasteiger partial charge in [-0.3, -0.25) is 9.69 Å². The second-order valence-corrected chi connectivity index (χ2v) is 8.65. The molecule has 0 aliphatic carbocycles. The predicted molar refractivity (Wildman–Crippen MR) is 121 cm³/mol. The van der Waals surface area contributed by atoms with Crippen molar-refractivity contribution in [3.63, 3.8) is 0 Å². The van der Waals surface area contributed by atoms with E-state index in [0.29, 0.717) is 12.3 Å². The van der Waals surface area contributed by atoms with Crippen LogP contribution in [-0.2, 0) is 4.79 Å². The van der Waals surface area contributed by atoms with E-state index < -0.39 is 0 Å². The first-order chi connectivity index (χ1) is 13.8. The Morgan fingerprint density at radius 1 is 1.00 bits per heavy atom. The van der Waals surface area contributed by atoms with E-state index in [1.165, 1.54) is 5.56 Å². The number of thiazole rings is 1. The van der Waals surface area contributed by atoms with Gasteiger partial charge in [0.05, 0.1) is 10.2 Å². The molecule has 6 heteroatoms. The zero-order valence-electron chi connectivity index (χ0n) is 17.9. The zero-order valence-corrected chi connectivity index (χ0v) is 18.7. The molecule has 0 spiro atoms. The van der Waals surface area contributed by atoms with Crippen LogP contribution in [0.15, 0.2) is 36.4 Å². The second kappa shape index (κ2) is 9.37. The molecular formula is C23H29N3O2S. The summed E-state index contributed by atoms with van der Waals surface area (Å²) >= 11 is 1.58. The Bertz CT molecular complexity index is 941. The number of amides is 1. The summed E-state index contributed by atoms with van der Waals surface area (Å²) in [6.45, 7) is 7.70. The lowest BCUT2D eigenvalue weighted by molar-refractivity contribution is -0.120. The number of aryl methyl sites for hydroxylation is 3. The Labute approximate surface area is 176 Å². The van der Waals surface area contributed by atoms with E-state index in [0.717, 1.165) is 39.4 Å². The number of rotatable bonds is 8. The van der Waals surface area contributed by atoms with E-state index in [1.54, 1.807) is 16.2 Å². The lowest BCUT2D eigenvalue weighted by atomic mass is 10.1. The summed E-state index contributed by atoms with van der Waals surface area (Å²) < 4.78 is 6.89. The van der Waals surface area contributed by atoms with Gasteiger partial charge in [0, 0.05) is 6.54 Å². The third-order valence-electron chi connectivity index (χ3n) is 4.83. The third kappa shape index (κ3) is 5.34. The second-order valence-electron chi connectivity index (χ2n) is 7.68. The summed E-state index contributed by atoms with van der Waals surface area (Å²) in [5, 5.41) is 0.744. The molecule has 1 aromatic heterocycles. The number of hydrogen-bond acceptors (Lipinski definition) is 5. The number of carbonyl (C=O) groups is 1. The Morgan fingerprint density at radius 2 is 1.69 bits per heavy atom. The Hall–Kier alpha value is -2.44. The van der Waals surface area contributed by atoms with Crippen molar-refractivity contribution in [2.75, 3.05) is 38.7 Å². The van der Waals surface area contributed by atoms with Crippen molar-refractivity contribution in [3.05, 3.63) is 53.1 Å². The van der Waals surface area contributed by atoms with E-state index in [9.17, 15) is 4.79 Å². The number of aromatic nitrogens is 1. The van der Waals surface area contributed by atoms with Crippen LogP contribution in [0.4, 0.5) is 5.13 Å². The van der Waals surface area contributed by atoms with Crippen LogP contribution < -0.4 is 9.64 Å². The third-order valence-corrected chi connectivity index (χ3v) is 6.05. The number of hydrogen-bond donors (Lipinski definition) is 0. The number of nitrogens with zero attached hydrogens (tertiary/aromatic N) is 3. The van der Waals surface area contributed by atoms with Crippen LogP contribution in [0.3, 0.4) is 0 Å². The average molecular weight is 412 g/mol. The lowest BCUT2D eigenvalue weighted by Gasteiger charge is -2.21. The molecule has 0 aliphatic heterocycles. The molecule has 0 atom stereocenters. The molecule has 0 saturated carbocycles. The van der Waals surface area contributed by atoms with Gasteiger partial charge in [0.2, 0.25) is 0 Å². The van der Waals surface area contributed by atoms with Crippen LogP contribution in [0.1, 0.15) is 23.1 Å². The number of benzene rings is 2. The molecule has 0 radical (unpaired) electrons. The molecule has 3 aromatic rings. The van der Waals surface area contributed by atoms with Crippen molar-refractivity contribution in [2.45, 2.75) is 27.2 Å². The average Bonchev–Trinajstić information content (AvgIpc) is 3.14. The van der Waals surface area contributed by atoms with Crippen LogP contribution in [0.5, 0.6) is 5.75 Å². The highest BCUT2D eigenvalue weighted by molar-refractivity contribution is 7.22. The van der Waals surface area contributed by atoms with Gasteiger partial charge in [-0.2, -0.15) is 0 Å². The Balaban J connectivity index is 1.81. The maximum absolute atomic E-state index is 13.1. The molecule has 5 nitrogen and oxygen atoms in total. The molecule has 0 unspecified atom stereocenters. The molecule has 2 aromatic carbocycles. The topological polar surface area (TPSA) is 45.7 Å². The molecule has 0 fully saturated rings. The Kier molecular flexibility index (Phi) is 6.87. The van der Waals surface area contributed by atoms with Crippen LogP contribution in [0.25, 0.3) is 10.2 Å². The number of carbonyl (C=O) groups excluding carboxylic acids is 1. The van der Waals surface area contributed by atoms with E-state index >= 15 is 0 Å². The van der Waals surface area contributed by atoms with Crippen LogP contribution in [-0.4, -0.2) is 49.6 Å². The van der Waals surface area contributed by atoms with Crippen LogP contribution >= 0.6 is 11.3 Å². The zero-order chi connectivity index (χ0) is 21.0. The minimum Gasteiger partial charge on any atom is -0.484 e. The highest BCUT2D eigenvalue weighted by Crippen LogP contribution is 2.33. The van der Waals surface area contributed by atoms with Crippen molar-refractivity contribution >= 4 is 32.6 Å². The van der Waals surface area contributed by atoms with Gasteiger partial charge in [-0.1, -0.05) is 41.2 Å². The molecule has 3 rings (SSSR count). The van der Waals surface area contributed by atoms with Crippen molar-refractivity contribution < 1.29 is 9.53 Å². The monoisotopic (exact) mass is 411 g/mol. The molecule has 154 valence electrons. The van der Waals surface area contributed by atoms with Gasteiger partial charge >= 0.3 is 0 Å². The quantitative estimate of drug-likeness (QED) is 0.544. The Morgan fingerprint density at radius 3 is 2.34 bits per heavy atom. The van der Waals surface area contributed by atoms with Gasteiger partial charge in [-0.15, -0.1) is 0 Å². The molecule has 1 heterocycles. The predicted octanol–water partition coefficient (Wildman–Crippen LogP) is 4.59. The van der Waals surface area contributed by atoms with Crippen LogP contribution in [0.2, 0.25) is 0 Å². The highest BCUT2D eigenvalue weighted by Gasteiger charge is 2.21. The fourth-order valence-electron chi connectivity index (χ4n) is 3.09. The first kappa shape index (κ1) is 21.3. The van der Waals surface area contributed by atoms with E-state index in [1.807, 2.05) is 45.3 Å². The summed E-state index contributed by atoms with van der Waals surface area (Å²) in [5.41, 5.74) is 4.46. The number of ether oxygens (including phenoxy) is 1. The number of anilines is 1. The molecule has 0 aliphatic rings. The fraction of sp³-hybridized carbons (Fsp3) is 0.391. The molecule has 29 heavy (non-hydrogen) atoms. The van der Waals surface area contributed by atoms with Gasteiger partial charge in [-0.05, 0) is 71.1 Å². The summed E-state index contributed by atoms with van der Waals surface area (Å²) in [6, 6.07) is 11.9. The molecule has 0 saturated heterocycles. The van der Waals surface area contributed by atoms with E-state index in [2.05, 4.69) is 30.9 Å². The van der Waals surface area contributed by atoms with Crippen molar-refractivity contribution in [1.29, 1.82) is 0 Å². The van der Waals surface area contributed by atoms with Crippen molar-refractivity contribution in [1.82, 2.24) is 9.88 Å². The number of fused-ring (bicyclic) bond motifs is 1. The van der Waals surface area contributed by atoms with E-state index in [4.69, 9.17) is 9.72 Å². The molecule has 1 amide bonds. The van der Waals surface area contributed by atoms with E-state index in [-0.39, 0.29) is 12.5 Å². The largest absolute Gasteiger partial charge is 0.484 e. The first-order valence-electron chi connectivity index (χ1n) is 9.86. The minimum absolute atomic E-state index is 0.00108. The standard InChI is InChI=1S/C23H29N3O2S/c1-16-7-11-19(12-8-16)28-15-20(27)26(14-6-13-25(4)5)23-24-21-17(2)9-10-18(3)22(21)29-23/h7-12H,6,13-15H2,1-5H3. The SMILES string of the molecule is Cc1ccc(OCC(=O)N(CCCN(C)C)c2nc3c(C)ccc(C)c3s2)cc1. The van der Waals surface area contributed by atoms with Gasteiger partial charge in [0.1, 0.15) is 5.75 Å². The highest BCUT2D eigenvalue weighted by atomic mass is 32.1. The molecular weight excluding hydrogens is 382 g/mol. The maximum Gasteiger partial charge on any atom is 0.266 e. The maximum atomic E-state index is 13.1. The van der Waals surface area contributed by atoms with Gasteiger partial charge in [0.25, 0.3) is 5.91 Å². The summed E-state index contributed by atoms with van der Waals surface area (Å²) in [7, 11) is 4.08. The minimum atomic E-state index is -0.0707. The first-order valence-corrected chi connectivity index (χ1v) is 10.7. The summed E-state index contributed by atoms with van der Waals surface area (Å²) in [5.74, 6) is 0.631. The van der Waals surface area contributed by atoms with Gasteiger partial charge in [-0.25, -0.2) is 4.98 Å². The smallest absolute Gasteiger partial charge is 0.266 e. The van der Waals surface area contributed by atoms with Gasteiger partial charge in [0.15, 0.2) is 11.7 Å².